The summed E-state index contributed by atoms with van der Waals surface area (Å²) in [5.74, 6) is -0.259. The molecule has 3 aromatic rings. The van der Waals surface area contributed by atoms with E-state index in [0.29, 0.717) is 5.82 Å². The zero-order valence-corrected chi connectivity index (χ0v) is 9.90. The molecule has 11 nitrogen and oxygen atoms in total. The number of tetrazole rings is 2. The number of nitrogens with zero attached hydrogens (tertiary/aromatic N) is 9. The van der Waals surface area contributed by atoms with Crippen molar-refractivity contribution in [3.8, 4) is 17.5 Å². The van der Waals surface area contributed by atoms with Gasteiger partial charge in [-0.2, -0.15) is 4.68 Å². The lowest BCUT2D eigenvalue weighted by molar-refractivity contribution is -0.137. The predicted molar refractivity (Wildman–Crippen MR) is 61.4 cm³/mol. The summed E-state index contributed by atoms with van der Waals surface area (Å²) < 4.78 is 2.41. The number of carbonyl (C=O) groups is 1. The Kier molecular flexibility index (Phi) is 2.84. The minimum Gasteiger partial charge on any atom is -0.480 e. The van der Waals surface area contributed by atoms with Crippen LogP contribution in [-0.4, -0.2) is 56.5 Å². The Morgan fingerprint density at radius 2 is 1.95 bits per heavy atom. The van der Waals surface area contributed by atoms with Gasteiger partial charge in [-0.25, -0.2) is 9.67 Å². The van der Waals surface area contributed by atoms with Crippen LogP contribution in [0.4, 0.5) is 0 Å². The molecule has 0 aliphatic carbocycles. The van der Waals surface area contributed by atoms with E-state index < -0.39 is 12.5 Å². The molecule has 0 saturated carbocycles. The van der Waals surface area contributed by atoms with Gasteiger partial charge >= 0.3 is 5.97 Å². The quantitative estimate of drug-likeness (QED) is 0.620. The van der Waals surface area contributed by atoms with Crippen LogP contribution in [0.25, 0.3) is 17.5 Å². The van der Waals surface area contributed by atoms with E-state index >= 15 is 0 Å². The standard InChI is InChI=1S/C9H7N9O2/c19-7(20)5-17-8(11-13-15-17)9-12-14-16-18(9)6-3-1-2-4-10-6/h1-4H,5H2,(H,19,20). The van der Waals surface area contributed by atoms with Crippen LogP contribution in [0.2, 0.25) is 0 Å². The van der Waals surface area contributed by atoms with Gasteiger partial charge in [0.15, 0.2) is 5.82 Å². The molecule has 0 spiro atoms. The van der Waals surface area contributed by atoms with E-state index in [2.05, 4.69) is 36.0 Å². The SMILES string of the molecule is O=C(O)Cn1nnnc1-c1nnnn1-c1ccccn1. The molecule has 0 aromatic carbocycles. The van der Waals surface area contributed by atoms with Gasteiger partial charge in [-0.3, -0.25) is 4.79 Å². The van der Waals surface area contributed by atoms with Crippen molar-refractivity contribution in [2.24, 2.45) is 0 Å². The van der Waals surface area contributed by atoms with Crippen molar-refractivity contribution in [1.29, 1.82) is 0 Å². The van der Waals surface area contributed by atoms with Gasteiger partial charge in [-0.05, 0) is 33.0 Å². The van der Waals surface area contributed by atoms with E-state index in [1.165, 1.54) is 4.68 Å². The molecule has 0 bridgehead atoms. The highest BCUT2D eigenvalue weighted by Gasteiger charge is 2.19. The molecule has 20 heavy (non-hydrogen) atoms. The highest BCUT2D eigenvalue weighted by Crippen LogP contribution is 2.14. The summed E-state index contributed by atoms with van der Waals surface area (Å²) in [5, 5.41) is 30.7. The van der Waals surface area contributed by atoms with Crippen LogP contribution in [0.15, 0.2) is 24.4 Å². The van der Waals surface area contributed by atoms with Gasteiger partial charge in [-0.15, -0.1) is 10.2 Å². The highest BCUT2D eigenvalue weighted by molar-refractivity contribution is 5.67. The molecule has 0 unspecified atom stereocenters. The Morgan fingerprint density at radius 1 is 1.15 bits per heavy atom. The molecule has 3 heterocycles. The van der Waals surface area contributed by atoms with Crippen LogP contribution in [0.1, 0.15) is 0 Å². The Hall–Kier alpha value is -3.24. The van der Waals surface area contributed by atoms with Crippen molar-refractivity contribution >= 4 is 5.97 Å². The van der Waals surface area contributed by atoms with Crippen LogP contribution in [-0.2, 0) is 11.3 Å². The average molecular weight is 273 g/mol. The predicted octanol–water partition coefficient (Wildman–Crippen LogP) is -1.20. The Balaban J connectivity index is 2.07. The molecule has 0 aliphatic rings. The third-order valence-corrected chi connectivity index (χ3v) is 2.35. The molecule has 3 aromatic heterocycles. The van der Waals surface area contributed by atoms with E-state index in [1.807, 2.05) is 0 Å². The summed E-state index contributed by atoms with van der Waals surface area (Å²) >= 11 is 0. The van der Waals surface area contributed by atoms with Crippen molar-refractivity contribution in [3.63, 3.8) is 0 Å². The maximum absolute atomic E-state index is 10.8. The lowest BCUT2D eigenvalue weighted by atomic mass is 10.4. The fourth-order valence-electron chi connectivity index (χ4n) is 1.56. The van der Waals surface area contributed by atoms with Crippen molar-refractivity contribution in [1.82, 2.24) is 45.4 Å². The van der Waals surface area contributed by atoms with E-state index in [0.717, 1.165) is 4.68 Å². The second-order valence-corrected chi connectivity index (χ2v) is 3.66. The third-order valence-electron chi connectivity index (χ3n) is 2.35. The molecule has 0 atom stereocenters. The summed E-state index contributed by atoms with van der Waals surface area (Å²) in [6.07, 6.45) is 1.58. The molecule has 100 valence electrons. The van der Waals surface area contributed by atoms with Crippen molar-refractivity contribution in [3.05, 3.63) is 24.4 Å². The number of carboxylic acid groups (broad SMARTS) is 1. The van der Waals surface area contributed by atoms with Crippen LogP contribution >= 0.6 is 0 Å². The monoisotopic (exact) mass is 273 g/mol. The largest absolute Gasteiger partial charge is 0.480 e. The number of carboxylic acids is 1. The Bertz CT molecular complexity index is 735. The molecule has 0 radical (unpaired) electrons. The van der Waals surface area contributed by atoms with Crippen LogP contribution in [0.5, 0.6) is 0 Å². The summed E-state index contributed by atoms with van der Waals surface area (Å²) in [7, 11) is 0. The third kappa shape index (κ3) is 2.07. The summed E-state index contributed by atoms with van der Waals surface area (Å²) in [5.41, 5.74) is 0. The number of aliphatic carboxylic acids is 1. The van der Waals surface area contributed by atoms with Gasteiger partial charge in [0.1, 0.15) is 6.54 Å². The van der Waals surface area contributed by atoms with Gasteiger partial charge in [0.2, 0.25) is 11.6 Å². The van der Waals surface area contributed by atoms with Crippen molar-refractivity contribution in [2.45, 2.75) is 6.54 Å². The minimum absolute atomic E-state index is 0.142. The first-order chi connectivity index (χ1) is 9.75. The molecule has 0 saturated heterocycles. The second-order valence-electron chi connectivity index (χ2n) is 3.66. The lowest BCUT2D eigenvalue weighted by Crippen LogP contribution is -2.13. The topological polar surface area (TPSA) is 137 Å². The van der Waals surface area contributed by atoms with Crippen molar-refractivity contribution in [2.75, 3.05) is 0 Å². The van der Waals surface area contributed by atoms with Gasteiger partial charge in [-0.1, -0.05) is 6.07 Å². The fraction of sp³-hybridized carbons (Fsp3) is 0.111. The molecular weight excluding hydrogens is 266 g/mol. The first-order valence-corrected chi connectivity index (χ1v) is 5.44. The normalized spacial score (nSPS) is 10.6. The van der Waals surface area contributed by atoms with Crippen LogP contribution in [0, 0.1) is 0 Å². The van der Waals surface area contributed by atoms with E-state index in [1.54, 1.807) is 24.4 Å². The van der Waals surface area contributed by atoms with Crippen LogP contribution in [0.3, 0.4) is 0 Å². The summed E-state index contributed by atoms with van der Waals surface area (Å²) in [6.45, 7) is -0.391. The maximum atomic E-state index is 10.8. The first kappa shape index (κ1) is 11.8. The number of aromatic nitrogens is 9. The summed E-state index contributed by atoms with van der Waals surface area (Å²) in [6, 6.07) is 5.22. The molecule has 0 fully saturated rings. The lowest BCUT2D eigenvalue weighted by Gasteiger charge is -2.02. The maximum Gasteiger partial charge on any atom is 0.325 e. The van der Waals surface area contributed by atoms with Gasteiger partial charge in [0.05, 0.1) is 0 Å². The first-order valence-electron chi connectivity index (χ1n) is 5.44. The van der Waals surface area contributed by atoms with Crippen LogP contribution < -0.4 is 0 Å². The molecular formula is C9H7N9O2. The molecule has 0 aliphatic heterocycles. The molecule has 0 amide bonds. The van der Waals surface area contributed by atoms with Gasteiger partial charge in [0.25, 0.3) is 0 Å². The zero-order chi connectivity index (χ0) is 13.9. The Morgan fingerprint density at radius 3 is 2.70 bits per heavy atom. The van der Waals surface area contributed by atoms with E-state index in [4.69, 9.17) is 5.11 Å². The van der Waals surface area contributed by atoms with E-state index in [9.17, 15) is 4.79 Å². The molecule has 1 N–H and O–H groups in total. The number of hydrogen-bond donors (Lipinski definition) is 1. The fourth-order valence-corrected chi connectivity index (χ4v) is 1.56. The van der Waals surface area contributed by atoms with Crippen molar-refractivity contribution < 1.29 is 9.90 Å². The number of pyridine rings is 1. The van der Waals surface area contributed by atoms with Gasteiger partial charge < -0.3 is 5.11 Å². The second kappa shape index (κ2) is 4.79. The smallest absolute Gasteiger partial charge is 0.325 e. The molecule has 11 heteroatoms. The zero-order valence-electron chi connectivity index (χ0n) is 9.90. The highest BCUT2D eigenvalue weighted by atomic mass is 16.4. The van der Waals surface area contributed by atoms with Gasteiger partial charge in [0, 0.05) is 6.20 Å². The number of rotatable bonds is 4. The van der Waals surface area contributed by atoms with E-state index in [-0.39, 0.29) is 11.6 Å². The molecule has 3 rings (SSSR count). The average Bonchev–Trinajstić information content (AvgIpc) is 3.07. The summed E-state index contributed by atoms with van der Waals surface area (Å²) in [4.78, 5) is 14.9. The number of hydrogen-bond acceptors (Lipinski definition) is 8. The Labute approximate surface area is 110 Å². The minimum atomic E-state index is -1.07.